The molecule has 0 bridgehead atoms. The van der Waals surface area contributed by atoms with Gasteiger partial charge in [0.15, 0.2) is 0 Å². The van der Waals surface area contributed by atoms with E-state index in [0.29, 0.717) is 6.61 Å². The summed E-state index contributed by atoms with van der Waals surface area (Å²) in [5, 5.41) is 0. The predicted octanol–water partition coefficient (Wildman–Crippen LogP) is 3.67. The van der Waals surface area contributed by atoms with Crippen molar-refractivity contribution in [3.05, 3.63) is 47.3 Å². The highest BCUT2D eigenvalue weighted by Crippen LogP contribution is 2.24. The minimum Gasteiger partial charge on any atom is -0.494 e. The lowest BCUT2D eigenvalue weighted by molar-refractivity contribution is 0.242. The maximum Gasteiger partial charge on any atom is 0.225 e. The monoisotopic (exact) mass is 366 g/mol. The van der Waals surface area contributed by atoms with Gasteiger partial charge < -0.3 is 9.64 Å². The molecule has 4 rings (SSSR count). The number of benzene rings is 1. The molecule has 144 valence electrons. The van der Waals surface area contributed by atoms with Crippen molar-refractivity contribution in [1.82, 2.24) is 14.9 Å². The Hall–Kier alpha value is -2.14. The summed E-state index contributed by atoms with van der Waals surface area (Å²) in [6.07, 6.45) is 5.54. The molecule has 0 atom stereocenters. The van der Waals surface area contributed by atoms with E-state index in [-0.39, 0.29) is 0 Å². The Kier molecular flexibility index (Phi) is 5.58. The van der Waals surface area contributed by atoms with Gasteiger partial charge in [-0.1, -0.05) is 19.1 Å². The van der Waals surface area contributed by atoms with Crippen LogP contribution in [-0.4, -0.2) is 41.1 Å². The first-order valence-electron chi connectivity index (χ1n) is 10.2. The predicted molar refractivity (Wildman–Crippen MR) is 108 cm³/mol. The molecule has 0 aliphatic carbocycles. The Bertz CT molecular complexity index is 771. The third-order valence-corrected chi connectivity index (χ3v) is 5.68. The average molecular weight is 367 g/mol. The van der Waals surface area contributed by atoms with Crippen molar-refractivity contribution in [2.75, 3.05) is 31.1 Å². The van der Waals surface area contributed by atoms with E-state index in [1.807, 2.05) is 13.0 Å². The topological polar surface area (TPSA) is 41.5 Å². The number of piperidine rings is 1. The van der Waals surface area contributed by atoms with Crippen molar-refractivity contribution in [3.63, 3.8) is 0 Å². The van der Waals surface area contributed by atoms with Gasteiger partial charge in [0, 0.05) is 50.9 Å². The molecule has 0 radical (unpaired) electrons. The maximum absolute atomic E-state index is 5.63. The van der Waals surface area contributed by atoms with Crippen LogP contribution in [0.2, 0.25) is 0 Å². The number of nitrogens with zero attached hydrogens (tertiary/aromatic N) is 4. The van der Waals surface area contributed by atoms with Gasteiger partial charge in [-0.2, -0.15) is 0 Å². The summed E-state index contributed by atoms with van der Waals surface area (Å²) in [6, 6.07) is 8.42. The molecule has 1 fully saturated rings. The summed E-state index contributed by atoms with van der Waals surface area (Å²) in [5.74, 6) is 2.71. The molecule has 0 amide bonds. The van der Waals surface area contributed by atoms with E-state index in [2.05, 4.69) is 46.1 Å². The van der Waals surface area contributed by atoms with Crippen LogP contribution in [0.3, 0.4) is 0 Å². The lowest BCUT2D eigenvalue weighted by Crippen LogP contribution is -2.35. The Morgan fingerprint density at radius 1 is 1.19 bits per heavy atom. The molecular weight excluding hydrogens is 336 g/mol. The first kappa shape index (κ1) is 18.2. The maximum atomic E-state index is 5.63. The second kappa shape index (κ2) is 8.26. The Balaban J connectivity index is 1.41. The van der Waals surface area contributed by atoms with Crippen LogP contribution < -0.4 is 9.64 Å². The zero-order valence-corrected chi connectivity index (χ0v) is 16.5. The number of anilines is 1. The smallest absolute Gasteiger partial charge is 0.225 e. The van der Waals surface area contributed by atoms with E-state index in [9.17, 15) is 0 Å². The van der Waals surface area contributed by atoms with E-state index in [1.54, 1.807) is 0 Å². The molecule has 2 aliphatic rings. The fraction of sp³-hybridized carbons (Fsp3) is 0.545. The zero-order chi connectivity index (χ0) is 18.6. The molecule has 2 aromatic rings. The van der Waals surface area contributed by atoms with Gasteiger partial charge in [-0.05, 0) is 43.4 Å². The molecule has 2 aliphatic heterocycles. The highest BCUT2D eigenvalue weighted by atomic mass is 16.5. The summed E-state index contributed by atoms with van der Waals surface area (Å²) < 4.78 is 5.63. The minimum absolute atomic E-state index is 0.705. The Morgan fingerprint density at radius 2 is 2.04 bits per heavy atom. The highest BCUT2D eigenvalue weighted by Gasteiger charge is 2.22. The molecule has 5 heteroatoms. The fourth-order valence-corrected chi connectivity index (χ4v) is 4.02. The van der Waals surface area contributed by atoms with Crippen molar-refractivity contribution < 1.29 is 4.74 Å². The number of aromatic nitrogens is 2. The Labute approximate surface area is 162 Å². The second-order valence-electron chi connectivity index (χ2n) is 7.85. The standard InChI is InChI=1S/C22H30N4O/c1-3-27-20-6-4-5-18(13-20)15-25-10-9-21-19(16-25)14-23-22(24-21)26-11-7-17(2)8-12-26/h4-6,13-14,17H,3,7-12,15-16H2,1-2H3. The number of rotatable bonds is 5. The number of fused-ring (bicyclic) bond motifs is 1. The van der Waals surface area contributed by atoms with Gasteiger partial charge in [-0.3, -0.25) is 4.90 Å². The summed E-state index contributed by atoms with van der Waals surface area (Å²) >= 11 is 0. The quantitative estimate of drug-likeness (QED) is 0.808. The van der Waals surface area contributed by atoms with Crippen LogP contribution in [0, 0.1) is 5.92 Å². The third kappa shape index (κ3) is 4.41. The van der Waals surface area contributed by atoms with Crippen molar-refractivity contribution in [2.45, 2.75) is 46.2 Å². The molecule has 1 aromatic heterocycles. The number of hydrogen-bond donors (Lipinski definition) is 0. The van der Waals surface area contributed by atoms with Crippen molar-refractivity contribution >= 4 is 5.95 Å². The number of ether oxygens (including phenoxy) is 1. The van der Waals surface area contributed by atoms with E-state index < -0.39 is 0 Å². The largest absolute Gasteiger partial charge is 0.494 e. The third-order valence-electron chi connectivity index (χ3n) is 5.68. The second-order valence-corrected chi connectivity index (χ2v) is 7.85. The highest BCUT2D eigenvalue weighted by molar-refractivity contribution is 5.35. The molecule has 0 saturated carbocycles. The fourth-order valence-electron chi connectivity index (χ4n) is 4.02. The van der Waals surface area contributed by atoms with Gasteiger partial charge in [0.2, 0.25) is 5.95 Å². The van der Waals surface area contributed by atoms with Crippen LogP contribution in [0.15, 0.2) is 30.5 Å². The van der Waals surface area contributed by atoms with Gasteiger partial charge in [-0.15, -0.1) is 0 Å². The van der Waals surface area contributed by atoms with E-state index >= 15 is 0 Å². The summed E-state index contributed by atoms with van der Waals surface area (Å²) in [6.45, 7) is 10.1. The normalized spacial score (nSPS) is 18.4. The SMILES string of the molecule is CCOc1cccc(CN2CCc3nc(N4CCC(C)CC4)ncc3C2)c1. The van der Waals surface area contributed by atoms with Crippen LogP contribution >= 0.6 is 0 Å². The molecule has 1 aromatic carbocycles. The summed E-state index contributed by atoms with van der Waals surface area (Å²) in [5.41, 5.74) is 3.80. The van der Waals surface area contributed by atoms with Gasteiger partial charge in [0.1, 0.15) is 5.75 Å². The van der Waals surface area contributed by atoms with Crippen LogP contribution in [0.4, 0.5) is 5.95 Å². The molecule has 1 saturated heterocycles. The molecular formula is C22H30N4O. The van der Waals surface area contributed by atoms with Crippen LogP contribution in [0.1, 0.15) is 43.5 Å². The lowest BCUT2D eigenvalue weighted by Gasteiger charge is -2.32. The van der Waals surface area contributed by atoms with Crippen molar-refractivity contribution in [1.29, 1.82) is 0 Å². The van der Waals surface area contributed by atoms with Crippen molar-refractivity contribution in [2.24, 2.45) is 5.92 Å². The Morgan fingerprint density at radius 3 is 2.85 bits per heavy atom. The molecule has 0 spiro atoms. The van der Waals surface area contributed by atoms with Crippen LogP contribution in [0.25, 0.3) is 0 Å². The van der Waals surface area contributed by atoms with E-state index in [4.69, 9.17) is 9.72 Å². The van der Waals surface area contributed by atoms with Crippen LogP contribution in [0.5, 0.6) is 5.75 Å². The molecule has 3 heterocycles. The summed E-state index contributed by atoms with van der Waals surface area (Å²) in [4.78, 5) is 14.4. The average Bonchev–Trinajstić information content (AvgIpc) is 2.69. The van der Waals surface area contributed by atoms with Gasteiger partial charge >= 0.3 is 0 Å². The van der Waals surface area contributed by atoms with Gasteiger partial charge in [-0.25, -0.2) is 9.97 Å². The van der Waals surface area contributed by atoms with Crippen molar-refractivity contribution in [3.8, 4) is 5.75 Å². The molecule has 5 nitrogen and oxygen atoms in total. The lowest BCUT2D eigenvalue weighted by atomic mass is 9.99. The van der Waals surface area contributed by atoms with E-state index in [0.717, 1.165) is 56.8 Å². The molecule has 27 heavy (non-hydrogen) atoms. The van der Waals surface area contributed by atoms with E-state index in [1.165, 1.54) is 29.7 Å². The van der Waals surface area contributed by atoms with Crippen LogP contribution in [-0.2, 0) is 19.5 Å². The molecule has 0 N–H and O–H groups in total. The number of hydrogen-bond acceptors (Lipinski definition) is 5. The summed E-state index contributed by atoms with van der Waals surface area (Å²) in [7, 11) is 0. The molecule has 0 unspecified atom stereocenters. The zero-order valence-electron chi connectivity index (χ0n) is 16.5. The first-order chi connectivity index (χ1) is 13.2. The van der Waals surface area contributed by atoms with Gasteiger partial charge in [0.05, 0.1) is 12.3 Å². The first-order valence-corrected chi connectivity index (χ1v) is 10.2. The van der Waals surface area contributed by atoms with Gasteiger partial charge in [0.25, 0.3) is 0 Å². The minimum atomic E-state index is 0.705.